The molecule has 1 aromatic rings. The summed E-state index contributed by atoms with van der Waals surface area (Å²) in [5.74, 6) is 0. The summed E-state index contributed by atoms with van der Waals surface area (Å²) >= 11 is 0. The van der Waals surface area contributed by atoms with E-state index in [9.17, 15) is 0 Å². The van der Waals surface area contributed by atoms with Crippen LogP contribution in [0.25, 0.3) is 0 Å². The molecule has 1 atom stereocenters. The lowest BCUT2D eigenvalue weighted by Gasteiger charge is -2.39. The van der Waals surface area contributed by atoms with Gasteiger partial charge in [-0.15, -0.1) is 0 Å². The third kappa shape index (κ3) is 3.10. The molecular weight excluding hydrogens is 236 g/mol. The number of ether oxygens (including phenoxy) is 1. The van der Waals surface area contributed by atoms with Crippen LogP contribution in [0.5, 0.6) is 0 Å². The van der Waals surface area contributed by atoms with Crippen molar-refractivity contribution in [3.63, 3.8) is 0 Å². The third-order valence-corrected chi connectivity index (χ3v) is 3.96. The van der Waals surface area contributed by atoms with E-state index in [0.717, 1.165) is 39.1 Å². The van der Waals surface area contributed by atoms with Crippen molar-refractivity contribution < 1.29 is 4.74 Å². The number of methoxy groups -OCH3 is 1. The van der Waals surface area contributed by atoms with Crippen LogP contribution in [0.15, 0.2) is 18.2 Å². The summed E-state index contributed by atoms with van der Waals surface area (Å²) in [7, 11) is 1.79. The molecule has 3 nitrogen and oxygen atoms in total. The highest BCUT2D eigenvalue weighted by Crippen LogP contribution is 2.29. The molecule has 0 saturated carbocycles. The highest BCUT2D eigenvalue weighted by Gasteiger charge is 2.25. The molecule has 3 heteroatoms. The van der Waals surface area contributed by atoms with E-state index in [2.05, 4.69) is 42.3 Å². The van der Waals surface area contributed by atoms with Crippen molar-refractivity contribution in [2.45, 2.75) is 32.7 Å². The zero-order valence-electron chi connectivity index (χ0n) is 12.4. The standard InChI is InChI=1S/C16H26N2O/c1-4-13-7-6-8-14(5-2)16(13)18-10-9-17-11-15(18)12-19-3/h6-8,15,17H,4-5,9-12H2,1-3H3. The number of aryl methyl sites for hydroxylation is 2. The van der Waals surface area contributed by atoms with Gasteiger partial charge < -0.3 is 15.0 Å². The summed E-state index contributed by atoms with van der Waals surface area (Å²) in [6.07, 6.45) is 2.18. The largest absolute Gasteiger partial charge is 0.383 e. The van der Waals surface area contributed by atoms with Crippen LogP contribution in [-0.2, 0) is 17.6 Å². The minimum Gasteiger partial charge on any atom is -0.383 e. The lowest BCUT2D eigenvalue weighted by Crippen LogP contribution is -2.54. The number of benzene rings is 1. The van der Waals surface area contributed by atoms with Crippen molar-refractivity contribution in [2.75, 3.05) is 38.3 Å². The molecule has 1 fully saturated rings. The average molecular weight is 262 g/mol. The average Bonchev–Trinajstić information content (AvgIpc) is 2.47. The van der Waals surface area contributed by atoms with Crippen LogP contribution in [0.3, 0.4) is 0 Å². The molecule has 1 unspecified atom stereocenters. The maximum atomic E-state index is 5.40. The first kappa shape index (κ1) is 14.4. The van der Waals surface area contributed by atoms with Gasteiger partial charge in [-0.05, 0) is 24.0 Å². The van der Waals surface area contributed by atoms with Crippen molar-refractivity contribution in [1.82, 2.24) is 5.32 Å². The highest BCUT2D eigenvalue weighted by molar-refractivity contribution is 5.61. The number of nitrogens with one attached hydrogen (secondary N) is 1. The Bertz CT molecular complexity index is 381. The second kappa shape index (κ2) is 6.92. The monoisotopic (exact) mass is 262 g/mol. The number of piperazine rings is 1. The number of para-hydroxylation sites is 1. The van der Waals surface area contributed by atoms with E-state index in [0.29, 0.717) is 6.04 Å². The Morgan fingerprint density at radius 3 is 2.53 bits per heavy atom. The van der Waals surface area contributed by atoms with Gasteiger partial charge in [0.05, 0.1) is 12.6 Å². The van der Waals surface area contributed by atoms with Crippen molar-refractivity contribution in [1.29, 1.82) is 0 Å². The van der Waals surface area contributed by atoms with Crippen molar-refractivity contribution in [3.05, 3.63) is 29.3 Å². The van der Waals surface area contributed by atoms with Crippen LogP contribution in [-0.4, -0.2) is 39.4 Å². The molecule has 1 N–H and O–H groups in total. The summed E-state index contributed by atoms with van der Waals surface area (Å²) in [6.45, 7) is 8.40. The molecule has 1 aromatic carbocycles. The Labute approximate surface area is 116 Å². The molecule has 19 heavy (non-hydrogen) atoms. The van der Waals surface area contributed by atoms with Crippen LogP contribution < -0.4 is 10.2 Å². The first-order valence-corrected chi connectivity index (χ1v) is 7.38. The first-order chi connectivity index (χ1) is 9.31. The van der Waals surface area contributed by atoms with E-state index in [1.807, 2.05) is 0 Å². The Kier molecular flexibility index (Phi) is 5.23. The zero-order chi connectivity index (χ0) is 13.7. The van der Waals surface area contributed by atoms with Gasteiger partial charge in [-0.25, -0.2) is 0 Å². The molecule has 2 rings (SSSR count). The van der Waals surface area contributed by atoms with Crippen LogP contribution in [0, 0.1) is 0 Å². The number of hydrogen-bond acceptors (Lipinski definition) is 3. The lowest BCUT2D eigenvalue weighted by molar-refractivity contribution is 0.170. The topological polar surface area (TPSA) is 24.5 Å². The van der Waals surface area contributed by atoms with Gasteiger partial charge >= 0.3 is 0 Å². The molecule has 0 bridgehead atoms. The quantitative estimate of drug-likeness (QED) is 0.881. The van der Waals surface area contributed by atoms with E-state index < -0.39 is 0 Å². The highest BCUT2D eigenvalue weighted by atomic mass is 16.5. The Hall–Kier alpha value is -1.06. The van der Waals surface area contributed by atoms with Crippen LogP contribution in [0.1, 0.15) is 25.0 Å². The molecule has 0 spiro atoms. The van der Waals surface area contributed by atoms with E-state index in [1.165, 1.54) is 16.8 Å². The summed E-state index contributed by atoms with van der Waals surface area (Å²) in [4.78, 5) is 2.55. The van der Waals surface area contributed by atoms with Crippen LogP contribution in [0.4, 0.5) is 5.69 Å². The van der Waals surface area contributed by atoms with Crippen molar-refractivity contribution in [2.24, 2.45) is 0 Å². The number of hydrogen-bond donors (Lipinski definition) is 1. The second-order valence-corrected chi connectivity index (χ2v) is 5.14. The first-order valence-electron chi connectivity index (χ1n) is 7.38. The summed E-state index contributed by atoms with van der Waals surface area (Å²) in [6, 6.07) is 7.16. The van der Waals surface area contributed by atoms with E-state index in [1.54, 1.807) is 7.11 Å². The van der Waals surface area contributed by atoms with Gasteiger partial charge in [0.1, 0.15) is 0 Å². The van der Waals surface area contributed by atoms with Gasteiger partial charge in [0.25, 0.3) is 0 Å². The number of nitrogens with zero attached hydrogens (tertiary/aromatic N) is 1. The third-order valence-electron chi connectivity index (χ3n) is 3.96. The maximum absolute atomic E-state index is 5.40. The smallest absolute Gasteiger partial charge is 0.0678 e. The van der Waals surface area contributed by atoms with Gasteiger partial charge in [-0.3, -0.25) is 0 Å². The van der Waals surface area contributed by atoms with Gasteiger partial charge in [0, 0.05) is 32.4 Å². The summed E-state index contributed by atoms with van der Waals surface area (Å²) in [5.41, 5.74) is 4.38. The van der Waals surface area contributed by atoms with E-state index in [-0.39, 0.29) is 0 Å². The van der Waals surface area contributed by atoms with Crippen molar-refractivity contribution in [3.8, 4) is 0 Å². The van der Waals surface area contributed by atoms with E-state index in [4.69, 9.17) is 4.74 Å². The number of rotatable bonds is 5. The van der Waals surface area contributed by atoms with Gasteiger partial charge in [-0.2, -0.15) is 0 Å². The molecule has 1 aliphatic rings. The number of anilines is 1. The predicted molar refractivity (Wildman–Crippen MR) is 81.1 cm³/mol. The van der Waals surface area contributed by atoms with Gasteiger partial charge in [0.2, 0.25) is 0 Å². The van der Waals surface area contributed by atoms with Crippen LogP contribution >= 0.6 is 0 Å². The summed E-state index contributed by atoms with van der Waals surface area (Å²) in [5, 5.41) is 3.47. The SMILES string of the molecule is CCc1cccc(CC)c1N1CCNCC1COC. The molecule has 0 aliphatic carbocycles. The molecule has 106 valence electrons. The Morgan fingerprint density at radius 1 is 1.26 bits per heavy atom. The molecule has 0 radical (unpaired) electrons. The Balaban J connectivity index is 2.36. The maximum Gasteiger partial charge on any atom is 0.0678 e. The van der Waals surface area contributed by atoms with Crippen molar-refractivity contribution >= 4 is 5.69 Å². The minimum absolute atomic E-state index is 0.441. The molecule has 1 aliphatic heterocycles. The minimum atomic E-state index is 0.441. The summed E-state index contributed by atoms with van der Waals surface area (Å²) < 4.78 is 5.40. The Morgan fingerprint density at radius 2 is 1.95 bits per heavy atom. The molecule has 1 saturated heterocycles. The predicted octanol–water partition coefficient (Wildman–Crippen LogP) is 2.24. The molecule has 0 aromatic heterocycles. The lowest BCUT2D eigenvalue weighted by atomic mass is 9.99. The zero-order valence-corrected chi connectivity index (χ0v) is 12.4. The van der Waals surface area contributed by atoms with E-state index >= 15 is 0 Å². The fourth-order valence-electron chi connectivity index (χ4n) is 2.98. The van der Waals surface area contributed by atoms with Crippen LogP contribution in [0.2, 0.25) is 0 Å². The molecule has 1 heterocycles. The fraction of sp³-hybridized carbons (Fsp3) is 0.625. The molecular formula is C16H26N2O. The van der Waals surface area contributed by atoms with Gasteiger partial charge in [0.15, 0.2) is 0 Å². The fourth-order valence-corrected chi connectivity index (χ4v) is 2.98. The molecule has 0 amide bonds. The second-order valence-electron chi connectivity index (χ2n) is 5.14. The van der Waals surface area contributed by atoms with Gasteiger partial charge in [-0.1, -0.05) is 32.0 Å². The normalized spacial score (nSPS) is 19.7.